The molecule has 1 aliphatic heterocycles. The summed E-state index contributed by atoms with van der Waals surface area (Å²) in [5.74, 6) is 0.829. The molecule has 2 N–H and O–H groups in total. The number of ether oxygens (including phenoxy) is 2. The van der Waals surface area contributed by atoms with Gasteiger partial charge in [-0.3, -0.25) is 4.98 Å². The van der Waals surface area contributed by atoms with Crippen LogP contribution in [0.4, 0.5) is 5.82 Å². The Labute approximate surface area is 82.3 Å². The van der Waals surface area contributed by atoms with E-state index in [0.29, 0.717) is 18.3 Å². The number of nitrogens with two attached hydrogens (primary N) is 1. The summed E-state index contributed by atoms with van der Waals surface area (Å²) in [4.78, 5) is 7.85. The van der Waals surface area contributed by atoms with Crippen molar-refractivity contribution in [3.8, 4) is 5.88 Å². The van der Waals surface area contributed by atoms with Gasteiger partial charge in [-0.25, -0.2) is 0 Å². The van der Waals surface area contributed by atoms with Crippen LogP contribution in [0.25, 0.3) is 0 Å². The molecule has 0 aliphatic carbocycles. The highest BCUT2D eigenvalue weighted by molar-refractivity contribution is 5.25. The van der Waals surface area contributed by atoms with Crippen molar-refractivity contribution >= 4 is 5.82 Å². The van der Waals surface area contributed by atoms with Crippen LogP contribution >= 0.6 is 0 Å². The van der Waals surface area contributed by atoms with Gasteiger partial charge in [0.25, 0.3) is 0 Å². The van der Waals surface area contributed by atoms with Crippen molar-refractivity contribution in [3.05, 3.63) is 12.4 Å². The number of rotatable bonds is 3. The van der Waals surface area contributed by atoms with Gasteiger partial charge in [-0.15, -0.1) is 0 Å². The zero-order chi connectivity index (χ0) is 9.80. The average Bonchev–Trinajstić information content (AvgIpc) is 2.67. The van der Waals surface area contributed by atoms with Gasteiger partial charge in [-0.1, -0.05) is 0 Å². The van der Waals surface area contributed by atoms with Gasteiger partial charge in [0.2, 0.25) is 5.88 Å². The molecule has 1 aliphatic rings. The second kappa shape index (κ2) is 4.23. The van der Waals surface area contributed by atoms with Crippen molar-refractivity contribution in [2.24, 2.45) is 0 Å². The van der Waals surface area contributed by atoms with Gasteiger partial charge >= 0.3 is 0 Å². The predicted octanol–water partition coefficient (Wildman–Crippen LogP) is 0.617. The largest absolute Gasteiger partial charge is 0.474 e. The monoisotopic (exact) mass is 195 g/mol. The first-order chi connectivity index (χ1) is 6.84. The number of hydrogen-bond acceptors (Lipinski definition) is 5. The zero-order valence-corrected chi connectivity index (χ0v) is 7.85. The van der Waals surface area contributed by atoms with Crippen LogP contribution in [0.5, 0.6) is 5.88 Å². The minimum atomic E-state index is 0.193. The Bertz CT molecular complexity index is 300. The Hall–Kier alpha value is -1.36. The fourth-order valence-electron chi connectivity index (χ4n) is 1.39. The van der Waals surface area contributed by atoms with Crippen molar-refractivity contribution in [1.29, 1.82) is 0 Å². The molecule has 0 bridgehead atoms. The van der Waals surface area contributed by atoms with Gasteiger partial charge in [0.05, 0.1) is 18.5 Å². The average molecular weight is 195 g/mol. The maximum Gasteiger partial charge on any atom is 0.234 e. The fraction of sp³-hybridized carbons (Fsp3) is 0.556. The number of hydrogen-bond donors (Lipinski definition) is 1. The van der Waals surface area contributed by atoms with Crippen LogP contribution in [0.1, 0.15) is 12.8 Å². The minimum Gasteiger partial charge on any atom is -0.474 e. The highest BCUT2D eigenvalue weighted by atomic mass is 16.5. The predicted molar refractivity (Wildman–Crippen MR) is 50.9 cm³/mol. The Kier molecular flexibility index (Phi) is 2.78. The van der Waals surface area contributed by atoms with Crippen molar-refractivity contribution in [1.82, 2.24) is 9.97 Å². The molecule has 1 fully saturated rings. The normalized spacial score (nSPS) is 21.0. The van der Waals surface area contributed by atoms with Crippen LogP contribution in [0.15, 0.2) is 12.4 Å². The molecule has 76 valence electrons. The van der Waals surface area contributed by atoms with E-state index < -0.39 is 0 Å². The molecule has 0 saturated carbocycles. The summed E-state index contributed by atoms with van der Waals surface area (Å²) >= 11 is 0. The molecule has 0 spiro atoms. The van der Waals surface area contributed by atoms with Crippen LogP contribution in [0.3, 0.4) is 0 Å². The van der Waals surface area contributed by atoms with E-state index in [4.69, 9.17) is 15.2 Å². The summed E-state index contributed by atoms with van der Waals surface area (Å²) in [6.45, 7) is 1.36. The summed E-state index contributed by atoms with van der Waals surface area (Å²) in [6.07, 6.45) is 5.38. The van der Waals surface area contributed by atoms with Gasteiger partial charge in [0, 0.05) is 6.61 Å². The van der Waals surface area contributed by atoms with E-state index >= 15 is 0 Å². The molecular formula is C9H13N3O2. The summed E-state index contributed by atoms with van der Waals surface area (Å²) < 4.78 is 10.8. The van der Waals surface area contributed by atoms with E-state index in [9.17, 15) is 0 Å². The van der Waals surface area contributed by atoms with Gasteiger partial charge in [-0.2, -0.15) is 4.98 Å². The third-order valence-electron chi connectivity index (χ3n) is 2.07. The minimum absolute atomic E-state index is 0.193. The standard InChI is InChI=1S/C9H13N3O2/c10-8-4-11-5-9(12-8)14-6-7-2-1-3-13-7/h4-5,7H,1-3,6H2,(H2,10,12). The smallest absolute Gasteiger partial charge is 0.234 e. The summed E-state index contributed by atoms with van der Waals surface area (Å²) in [7, 11) is 0. The van der Waals surface area contributed by atoms with Gasteiger partial charge in [0.1, 0.15) is 12.4 Å². The fourth-order valence-corrected chi connectivity index (χ4v) is 1.39. The van der Waals surface area contributed by atoms with Crippen LogP contribution in [0.2, 0.25) is 0 Å². The Morgan fingerprint density at radius 2 is 2.50 bits per heavy atom. The number of aromatic nitrogens is 2. The molecule has 1 atom stereocenters. The van der Waals surface area contributed by atoms with Gasteiger partial charge in [-0.05, 0) is 12.8 Å². The van der Waals surface area contributed by atoms with Crippen LogP contribution in [0, 0.1) is 0 Å². The van der Waals surface area contributed by atoms with Crippen molar-refractivity contribution in [2.75, 3.05) is 18.9 Å². The SMILES string of the molecule is Nc1cncc(OCC2CCCO2)n1. The van der Waals surface area contributed by atoms with E-state index in [1.165, 1.54) is 6.20 Å². The maximum atomic E-state index is 5.46. The maximum absolute atomic E-state index is 5.46. The Morgan fingerprint density at radius 1 is 1.57 bits per heavy atom. The van der Waals surface area contributed by atoms with Crippen molar-refractivity contribution < 1.29 is 9.47 Å². The second-order valence-corrected chi connectivity index (χ2v) is 3.23. The first-order valence-corrected chi connectivity index (χ1v) is 4.66. The van der Waals surface area contributed by atoms with Crippen molar-refractivity contribution in [2.45, 2.75) is 18.9 Å². The van der Waals surface area contributed by atoms with E-state index in [1.807, 2.05) is 0 Å². The topological polar surface area (TPSA) is 70.3 Å². The lowest BCUT2D eigenvalue weighted by atomic mass is 10.2. The first-order valence-electron chi connectivity index (χ1n) is 4.66. The lowest BCUT2D eigenvalue weighted by Crippen LogP contribution is -2.16. The molecule has 1 unspecified atom stereocenters. The molecule has 14 heavy (non-hydrogen) atoms. The summed E-state index contributed by atoms with van der Waals surface area (Å²) in [6, 6.07) is 0. The molecule has 0 aromatic carbocycles. The molecule has 2 rings (SSSR count). The van der Waals surface area contributed by atoms with E-state index in [0.717, 1.165) is 19.4 Å². The molecule has 1 saturated heterocycles. The summed E-state index contributed by atoms with van der Waals surface area (Å²) in [5, 5.41) is 0. The number of anilines is 1. The van der Waals surface area contributed by atoms with Crippen molar-refractivity contribution in [3.63, 3.8) is 0 Å². The molecule has 0 amide bonds. The molecule has 1 aromatic rings. The van der Waals surface area contributed by atoms with E-state index in [-0.39, 0.29) is 6.10 Å². The van der Waals surface area contributed by atoms with E-state index in [2.05, 4.69) is 9.97 Å². The van der Waals surface area contributed by atoms with Crippen LogP contribution in [-0.4, -0.2) is 29.3 Å². The highest BCUT2D eigenvalue weighted by Gasteiger charge is 2.16. The lowest BCUT2D eigenvalue weighted by Gasteiger charge is -2.10. The Balaban J connectivity index is 1.85. The lowest BCUT2D eigenvalue weighted by molar-refractivity contribution is 0.0662. The second-order valence-electron chi connectivity index (χ2n) is 3.23. The number of nitrogens with zero attached hydrogens (tertiary/aromatic N) is 2. The van der Waals surface area contributed by atoms with E-state index in [1.54, 1.807) is 6.20 Å². The molecular weight excluding hydrogens is 182 g/mol. The molecule has 5 nitrogen and oxygen atoms in total. The quantitative estimate of drug-likeness (QED) is 0.765. The zero-order valence-electron chi connectivity index (χ0n) is 7.85. The number of nitrogen functional groups attached to an aromatic ring is 1. The molecule has 2 heterocycles. The molecule has 1 aromatic heterocycles. The molecule has 0 radical (unpaired) electrons. The third-order valence-corrected chi connectivity index (χ3v) is 2.07. The van der Waals surface area contributed by atoms with Gasteiger partial charge < -0.3 is 15.2 Å². The van der Waals surface area contributed by atoms with Crippen LogP contribution in [-0.2, 0) is 4.74 Å². The third kappa shape index (κ3) is 2.32. The molecule has 5 heteroatoms. The highest BCUT2D eigenvalue weighted by Crippen LogP contribution is 2.14. The summed E-state index contributed by atoms with van der Waals surface area (Å²) in [5.41, 5.74) is 5.46. The van der Waals surface area contributed by atoms with Crippen LogP contribution < -0.4 is 10.5 Å². The first kappa shape index (κ1) is 9.21. The van der Waals surface area contributed by atoms with Gasteiger partial charge in [0.15, 0.2) is 0 Å². The Morgan fingerprint density at radius 3 is 3.21 bits per heavy atom.